The number of sulfonamides is 1. The smallest absolute Gasteiger partial charge is 0.243 e. The fourth-order valence-corrected chi connectivity index (χ4v) is 5.80. The Bertz CT molecular complexity index is 1580. The number of carbonyl (C=O) groups excluding carboxylic acids is 1. The second-order valence-electron chi connectivity index (χ2n) is 9.85. The second kappa shape index (κ2) is 11.5. The molecule has 4 aromatic rings. The molecule has 0 atom stereocenters. The van der Waals surface area contributed by atoms with E-state index < -0.39 is 15.9 Å². The van der Waals surface area contributed by atoms with Gasteiger partial charge < -0.3 is 9.47 Å². The molecule has 208 valence electrons. The molecule has 0 bridgehead atoms. The molecule has 3 aromatic carbocycles. The van der Waals surface area contributed by atoms with E-state index in [1.54, 1.807) is 43.1 Å². The van der Waals surface area contributed by atoms with Gasteiger partial charge in [0, 0.05) is 24.0 Å². The van der Waals surface area contributed by atoms with Crippen molar-refractivity contribution in [2.75, 3.05) is 32.6 Å². The summed E-state index contributed by atoms with van der Waals surface area (Å²) >= 11 is 0. The van der Waals surface area contributed by atoms with Crippen molar-refractivity contribution in [3.05, 3.63) is 84.6 Å². The zero-order valence-electron chi connectivity index (χ0n) is 22.7. The lowest BCUT2D eigenvalue weighted by molar-refractivity contribution is -0.116. The van der Waals surface area contributed by atoms with E-state index in [1.165, 1.54) is 4.31 Å². The van der Waals surface area contributed by atoms with Crippen molar-refractivity contribution in [2.45, 2.75) is 24.7 Å². The van der Waals surface area contributed by atoms with E-state index in [0.29, 0.717) is 18.0 Å². The van der Waals surface area contributed by atoms with Crippen LogP contribution < -0.4 is 14.8 Å². The van der Waals surface area contributed by atoms with Gasteiger partial charge in [-0.3, -0.25) is 14.7 Å². The number of nitrogens with one attached hydrogen (secondary N) is 1. The van der Waals surface area contributed by atoms with Gasteiger partial charge in [0.25, 0.3) is 0 Å². The monoisotopic (exact) mass is 560 g/mol. The van der Waals surface area contributed by atoms with E-state index in [0.717, 1.165) is 35.4 Å². The number of hydrogen-bond acceptors (Lipinski definition) is 6. The molecule has 9 nitrogen and oxygen atoms in total. The van der Waals surface area contributed by atoms with Crippen molar-refractivity contribution in [1.29, 1.82) is 0 Å². The molecule has 1 aliphatic carbocycles. The van der Waals surface area contributed by atoms with Crippen molar-refractivity contribution < 1.29 is 22.7 Å². The number of benzene rings is 3. The maximum absolute atomic E-state index is 13.5. The van der Waals surface area contributed by atoms with Crippen LogP contribution >= 0.6 is 0 Å². The predicted molar refractivity (Wildman–Crippen MR) is 153 cm³/mol. The molecule has 1 saturated carbocycles. The first-order valence-corrected chi connectivity index (χ1v) is 14.5. The second-order valence-corrected chi connectivity index (χ2v) is 11.8. The molecule has 0 aliphatic heterocycles. The van der Waals surface area contributed by atoms with Gasteiger partial charge in [0.2, 0.25) is 21.9 Å². The maximum atomic E-state index is 13.5. The number of methoxy groups -OCH3 is 2. The summed E-state index contributed by atoms with van der Waals surface area (Å²) in [5.74, 6) is 1.48. The summed E-state index contributed by atoms with van der Waals surface area (Å²) < 4.78 is 40.6. The van der Waals surface area contributed by atoms with Gasteiger partial charge in [-0.1, -0.05) is 17.7 Å². The molecule has 0 saturated heterocycles. The standard InChI is InChI=1S/C30H32N4O5S/c1-21-4-16-27(17-5-21)40(36,37)33(18-22-6-7-22)20-29(35)32-30-31-28(23-8-12-25(38-2)13-9-23)19-34(30)24-10-14-26(39-3)15-11-24/h4-5,8-17,19,22H,6-7,18,20H2,1-3H3,(H,31,32,35). The van der Waals surface area contributed by atoms with Crippen LogP contribution in [-0.4, -0.2) is 55.5 Å². The number of aryl methyl sites for hydroxylation is 1. The average molecular weight is 561 g/mol. The van der Waals surface area contributed by atoms with Crippen molar-refractivity contribution in [1.82, 2.24) is 13.9 Å². The molecule has 0 spiro atoms. The molecule has 1 amide bonds. The van der Waals surface area contributed by atoms with Crippen LogP contribution in [0.5, 0.6) is 11.5 Å². The molecule has 40 heavy (non-hydrogen) atoms. The number of carbonyl (C=O) groups is 1. The third-order valence-corrected chi connectivity index (χ3v) is 8.66. The highest BCUT2D eigenvalue weighted by atomic mass is 32.2. The summed E-state index contributed by atoms with van der Waals surface area (Å²) in [5, 5.41) is 2.86. The lowest BCUT2D eigenvalue weighted by atomic mass is 10.1. The molecule has 1 aromatic heterocycles. The number of nitrogens with zero attached hydrogens (tertiary/aromatic N) is 3. The Kier molecular flexibility index (Phi) is 7.90. The topological polar surface area (TPSA) is 103 Å². The Balaban J connectivity index is 1.44. The van der Waals surface area contributed by atoms with E-state index >= 15 is 0 Å². The molecule has 10 heteroatoms. The molecule has 1 fully saturated rings. The normalized spacial score (nSPS) is 13.3. The third kappa shape index (κ3) is 6.19. The quantitative estimate of drug-likeness (QED) is 0.280. The summed E-state index contributed by atoms with van der Waals surface area (Å²) in [5.41, 5.74) is 3.19. The van der Waals surface area contributed by atoms with Crippen molar-refractivity contribution in [3.8, 4) is 28.4 Å². The summed E-state index contributed by atoms with van der Waals surface area (Å²) in [6.07, 6.45) is 3.73. The minimum atomic E-state index is -3.86. The Morgan fingerprint density at radius 2 is 1.55 bits per heavy atom. The Morgan fingerprint density at radius 3 is 2.12 bits per heavy atom. The highest BCUT2D eigenvalue weighted by Crippen LogP contribution is 2.32. The fourth-order valence-electron chi connectivity index (χ4n) is 4.33. The number of imidazole rings is 1. The fraction of sp³-hybridized carbons (Fsp3) is 0.267. The minimum Gasteiger partial charge on any atom is -0.497 e. The minimum absolute atomic E-state index is 0.174. The van der Waals surface area contributed by atoms with Crippen molar-refractivity contribution in [2.24, 2.45) is 5.92 Å². The van der Waals surface area contributed by atoms with Crippen LogP contribution in [0.15, 0.2) is 83.9 Å². The van der Waals surface area contributed by atoms with Crippen LogP contribution in [0, 0.1) is 12.8 Å². The Labute approximate surface area is 234 Å². The number of ether oxygens (including phenoxy) is 2. The van der Waals surface area contributed by atoms with Crippen LogP contribution in [0.25, 0.3) is 16.9 Å². The van der Waals surface area contributed by atoms with Gasteiger partial charge in [0.15, 0.2) is 0 Å². The molecule has 5 rings (SSSR count). The van der Waals surface area contributed by atoms with Gasteiger partial charge >= 0.3 is 0 Å². The largest absolute Gasteiger partial charge is 0.497 e. The zero-order chi connectivity index (χ0) is 28.3. The average Bonchev–Trinajstić information content (AvgIpc) is 3.70. The first-order chi connectivity index (χ1) is 19.3. The predicted octanol–water partition coefficient (Wildman–Crippen LogP) is 4.90. The first kappa shape index (κ1) is 27.4. The van der Waals surface area contributed by atoms with Gasteiger partial charge in [-0.25, -0.2) is 13.4 Å². The molecule has 1 N–H and O–H groups in total. The van der Waals surface area contributed by atoms with Gasteiger partial charge in [0.1, 0.15) is 11.5 Å². The summed E-state index contributed by atoms with van der Waals surface area (Å²) in [4.78, 5) is 18.2. The van der Waals surface area contributed by atoms with Crippen LogP contribution in [0.4, 0.5) is 5.95 Å². The number of hydrogen-bond donors (Lipinski definition) is 1. The number of aromatic nitrogens is 2. The van der Waals surface area contributed by atoms with Crippen LogP contribution in [-0.2, 0) is 14.8 Å². The molecule has 0 radical (unpaired) electrons. The lowest BCUT2D eigenvalue weighted by Crippen LogP contribution is -2.39. The van der Waals surface area contributed by atoms with E-state index in [2.05, 4.69) is 5.32 Å². The lowest BCUT2D eigenvalue weighted by Gasteiger charge is -2.22. The van der Waals surface area contributed by atoms with Gasteiger partial charge in [-0.15, -0.1) is 0 Å². The van der Waals surface area contributed by atoms with E-state index in [4.69, 9.17) is 14.5 Å². The molecule has 1 aliphatic rings. The molecular formula is C30H32N4O5S. The Hall–Kier alpha value is -4.15. The number of anilines is 1. The molecular weight excluding hydrogens is 528 g/mol. The molecule has 1 heterocycles. The number of amides is 1. The van der Waals surface area contributed by atoms with Gasteiger partial charge in [-0.2, -0.15) is 4.31 Å². The van der Waals surface area contributed by atoms with Gasteiger partial charge in [0.05, 0.1) is 31.4 Å². The first-order valence-electron chi connectivity index (χ1n) is 13.0. The highest BCUT2D eigenvalue weighted by molar-refractivity contribution is 7.89. The summed E-state index contributed by atoms with van der Waals surface area (Å²) in [7, 11) is -0.656. The molecule has 0 unspecified atom stereocenters. The van der Waals surface area contributed by atoms with Crippen LogP contribution in [0.1, 0.15) is 18.4 Å². The maximum Gasteiger partial charge on any atom is 0.243 e. The Morgan fingerprint density at radius 1 is 0.950 bits per heavy atom. The van der Waals surface area contributed by atoms with Crippen molar-refractivity contribution in [3.63, 3.8) is 0 Å². The van der Waals surface area contributed by atoms with E-state index in [1.807, 2.05) is 61.7 Å². The van der Waals surface area contributed by atoms with Crippen molar-refractivity contribution >= 4 is 21.9 Å². The van der Waals surface area contributed by atoms with Crippen LogP contribution in [0.3, 0.4) is 0 Å². The highest BCUT2D eigenvalue weighted by Gasteiger charge is 2.33. The van der Waals surface area contributed by atoms with E-state index in [-0.39, 0.29) is 23.3 Å². The summed E-state index contributed by atoms with van der Waals surface area (Å²) in [6.45, 7) is 1.88. The number of rotatable bonds is 11. The zero-order valence-corrected chi connectivity index (χ0v) is 23.5. The van der Waals surface area contributed by atoms with Gasteiger partial charge in [-0.05, 0) is 86.3 Å². The third-order valence-electron chi connectivity index (χ3n) is 6.83. The SMILES string of the molecule is COc1ccc(-c2cn(-c3ccc(OC)cc3)c(NC(=O)CN(CC3CC3)S(=O)(=O)c3ccc(C)cc3)n2)cc1. The van der Waals surface area contributed by atoms with Crippen LogP contribution in [0.2, 0.25) is 0 Å². The van der Waals surface area contributed by atoms with E-state index in [9.17, 15) is 13.2 Å². The summed E-state index contributed by atoms with van der Waals surface area (Å²) in [6, 6.07) is 21.5.